The third kappa shape index (κ3) is 5.13. The van der Waals surface area contributed by atoms with Crippen LogP contribution < -0.4 is 4.72 Å². The molecule has 1 saturated heterocycles. The molecule has 1 aliphatic rings. The minimum Gasteiger partial charge on any atom is -0.388 e. The van der Waals surface area contributed by atoms with Gasteiger partial charge in [0.1, 0.15) is 0 Å². The molecule has 1 atom stereocenters. The molecule has 102 valence electrons. The molecule has 0 amide bonds. The Balaban J connectivity index is 2.49. The molecule has 0 aromatic heterocycles. The fourth-order valence-electron chi connectivity index (χ4n) is 1.81. The van der Waals surface area contributed by atoms with Crippen LogP contribution in [0.15, 0.2) is 0 Å². The number of nitrogens with one attached hydrogen (secondary N) is 1. The molecule has 0 spiro atoms. The first-order chi connectivity index (χ1) is 7.87. The van der Waals surface area contributed by atoms with Crippen LogP contribution in [-0.2, 0) is 10.2 Å². The van der Waals surface area contributed by atoms with Gasteiger partial charge in [-0.15, -0.1) is 0 Å². The van der Waals surface area contributed by atoms with Gasteiger partial charge in [-0.2, -0.15) is 29.2 Å². The van der Waals surface area contributed by atoms with E-state index >= 15 is 0 Å². The van der Waals surface area contributed by atoms with Crippen LogP contribution in [0.3, 0.4) is 0 Å². The van der Waals surface area contributed by atoms with E-state index in [1.165, 1.54) is 16.1 Å². The Morgan fingerprint density at radius 2 is 1.94 bits per heavy atom. The lowest BCUT2D eigenvalue weighted by Crippen LogP contribution is -2.49. The van der Waals surface area contributed by atoms with Gasteiger partial charge in [-0.25, -0.2) is 0 Å². The van der Waals surface area contributed by atoms with Crippen LogP contribution in [-0.4, -0.2) is 55.1 Å². The number of aliphatic hydroxyl groups is 1. The zero-order chi connectivity index (χ0) is 12.9. The summed E-state index contributed by atoms with van der Waals surface area (Å²) < 4.78 is 27.8. The summed E-state index contributed by atoms with van der Waals surface area (Å²) in [5.74, 6) is 0.509. The Morgan fingerprint density at radius 1 is 1.35 bits per heavy atom. The summed E-state index contributed by atoms with van der Waals surface area (Å²) in [6.45, 7) is 2.87. The van der Waals surface area contributed by atoms with E-state index in [9.17, 15) is 13.5 Å². The van der Waals surface area contributed by atoms with Crippen molar-refractivity contribution in [2.75, 3.05) is 31.6 Å². The van der Waals surface area contributed by atoms with Gasteiger partial charge in [0.2, 0.25) is 0 Å². The molecule has 2 N–H and O–H groups in total. The largest absolute Gasteiger partial charge is 0.388 e. The summed E-state index contributed by atoms with van der Waals surface area (Å²) in [6, 6.07) is 0. The maximum atomic E-state index is 11.9. The molecular weight excluding hydrogens is 260 g/mol. The quantitative estimate of drug-likeness (QED) is 0.741. The zero-order valence-corrected chi connectivity index (χ0v) is 12.1. The molecule has 1 heterocycles. The lowest BCUT2D eigenvalue weighted by atomic mass is 10.1. The molecule has 0 aromatic rings. The first kappa shape index (κ1) is 15.2. The highest BCUT2D eigenvalue weighted by atomic mass is 32.2. The molecule has 0 bridgehead atoms. The number of piperidine rings is 1. The van der Waals surface area contributed by atoms with Crippen LogP contribution in [0.1, 0.15) is 26.2 Å². The first-order valence-electron chi connectivity index (χ1n) is 5.83. The molecule has 0 saturated carbocycles. The van der Waals surface area contributed by atoms with Gasteiger partial charge in [0, 0.05) is 25.4 Å². The van der Waals surface area contributed by atoms with E-state index in [2.05, 4.69) is 4.72 Å². The van der Waals surface area contributed by atoms with Crippen molar-refractivity contribution in [3.8, 4) is 0 Å². The van der Waals surface area contributed by atoms with Crippen molar-refractivity contribution >= 4 is 22.0 Å². The number of rotatable bonds is 6. The number of hydrogen-bond donors (Lipinski definition) is 2. The van der Waals surface area contributed by atoms with Gasteiger partial charge in [-0.3, -0.25) is 0 Å². The van der Waals surface area contributed by atoms with Crippen molar-refractivity contribution in [2.45, 2.75) is 31.8 Å². The van der Waals surface area contributed by atoms with Gasteiger partial charge in [0.15, 0.2) is 0 Å². The summed E-state index contributed by atoms with van der Waals surface area (Å²) in [7, 11) is -3.42. The van der Waals surface area contributed by atoms with Crippen LogP contribution >= 0.6 is 11.8 Å². The van der Waals surface area contributed by atoms with Gasteiger partial charge in [-0.05, 0) is 26.0 Å². The summed E-state index contributed by atoms with van der Waals surface area (Å²) in [5, 5.41) is 9.91. The molecule has 0 radical (unpaired) electrons. The lowest BCUT2D eigenvalue weighted by Gasteiger charge is -2.28. The Labute approximate surface area is 108 Å². The zero-order valence-electron chi connectivity index (χ0n) is 10.5. The normalized spacial score (nSPS) is 22.3. The number of hydrogen-bond acceptors (Lipinski definition) is 4. The minimum absolute atomic E-state index is 0.0622. The Hall–Kier alpha value is 0.180. The monoisotopic (exact) mass is 282 g/mol. The third-order valence-corrected chi connectivity index (χ3v) is 5.21. The Kier molecular flexibility index (Phi) is 5.72. The Morgan fingerprint density at radius 3 is 2.47 bits per heavy atom. The topological polar surface area (TPSA) is 69.6 Å². The molecule has 7 heteroatoms. The SMILES string of the molecule is CSCC(C)(O)CNS(=O)(=O)N1CCCCC1. The second kappa shape index (κ2) is 6.38. The molecule has 1 unspecified atom stereocenters. The van der Waals surface area contributed by atoms with E-state index in [4.69, 9.17) is 0 Å². The predicted octanol–water partition coefficient (Wildman–Crippen LogP) is 0.421. The smallest absolute Gasteiger partial charge is 0.279 e. The molecule has 1 aliphatic heterocycles. The highest BCUT2D eigenvalue weighted by molar-refractivity contribution is 7.98. The van der Waals surface area contributed by atoms with E-state index in [1.54, 1.807) is 6.92 Å². The van der Waals surface area contributed by atoms with Crippen LogP contribution in [0, 0.1) is 0 Å². The van der Waals surface area contributed by atoms with Crippen LogP contribution in [0.25, 0.3) is 0 Å². The van der Waals surface area contributed by atoms with Gasteiger partial charge < -0.3 is 5.11 Å². The highest BCUT2D eigenvalue weighted by Crippen LogP contribution is 2.13. The summed E-state index contributed by atoms with van der Waals surface area (Å²) >= 11 is 1.50. The van der Waals surface area contributed by atoms with Crippen molar-refractivity contribution in [2.24, 2.45) is 0 Å². The number of nitrogens with zero attached hydrogens (tertiary/aromatic N) is 1. The average Bonchev–Trinajstić information content (AvgIpc) is 2.28. The molecule has 17 heavy (non-hydrogen) atoms. The molecule has 0 aromatic carbocycles. The van der Waals surface area contributed by atoms with Crippen molar-refractivity contribution in [1.82, 2.24) is 9.03 Å². The van der Waals surface area contributed by atoms with Gasteiger partial charge in [0.25, 0.3) is 10.2 Å². The Bertz CT molecular complexity index is 324. The fraction of sp³-hybridized carbons (Fsp3) is 1.00. The van der Waals surface area contributed by atoms with Crippen molar-refractivity contribution < 1.29 is 13.5 Å². The van der Waals surface area contributed by atoms with Crippen molar-refractivity contribution in [3.63, 3.8) is 0 Å². The molecular formula is C10H22N2O3S2. The van der Waals surface area contributed by atoms with E-state index in [-0.39, 0.29) is 6.54 Å². The average molecular weight is 282 g/mol. The summed E-state index contributed by atoms with van der Waals surface area (Å²) in [6.07, 6.45) is 4.81. The molecule has 1 rings (SSSR count). The van der Waals surface area contributed by atoms with Crippen LogP contribution in [0.4, 0.5) is 0 Å². The van der Waals surface area contributed by atoms with E-state index < -0.39 is 15.8 Å². The van der Waals surface area contributed by atoms with Gasteiger partial charge >= 0.3 is 0 Å². The summed E-state index contributed by atoms with van der Waals surface area (Å²) in [5.41, 5.74) is -0.998. The highest BCUT2D eigenvalue weighted by Gasteiger charge is 2.27. The molecule has 1 fully saturated rings. The van der Waals surface area contributed by atoms with Crippen LogP contribution in [0.5, 0.6) is 0 Å². The first-order valence-corrected chi connectivity index (χ1v) is 8.67. The third-order valence-electron chi connectivity index (χ3n) is 2.75. The second-order valence-electron chi connectivity index (χ2n) is 4.72. The van der Waals surface area contributed by atoms with Crippen molar-refractivity contribution in [3.05, 3.63) is 0 Å². The van der Waals surface area contributed by atoms with Crippen LogP contribution in [0.2, 0.25) is 0 Å². The van der Waals surface area contributed by atoms with Gasteiger partial charge in [0.05, 0.1) is 5.60 Å². The predicted molar refractivity (Wildman–Crippen MR) is 71.4 cm³/mol. The van der Waals surface area contributed by atoms with Gasteiger partial charge in [-0.1, -0.05) is 6.42 Å². The summed E-state index contributed by atoms with van der Waals surface area (Å²) in [4.78, 5) is 0. The maximum absolute atomic E-state index is 11.9. The molecule has 0 aliphatic carbocycles. The molecule has 5 nitrogen and oxygen atoms in total. The maximum Gasteiger partial charge on any atom is 0.279 e. The lowest BCUT2D eigenvalue weighted by molar-refractivity contribution is 0.0902. The number of thioether (sulfide) groups is 1. The minimum atomic E-state index is -3.42. The van der Waals surface area contributed by atoms with E-state index in [0.717, 1.165) is 19.3 Å². The van der Waals surface area contributed by atoms with E-state index in [1.807, 2.05) is 6.26 Å². The van der Waals surface area contributed by atoms with E-state index in [0.29, 0.717) is 18.8 Å². The standard InChI is InChI=1S/C10H22N2O3S2/c1-10(13,9-16-2)8-11-17(14,15)12-6-4-3-5-7-12/h11,13H,3-9H2,1-2H3. The van der Waals surface area contributed by atoms with Crippen molar-refractivity contribution in [1.29, 1.82) is 0 Å². The second-order valence-corrected chi connectivity index (χ2v) is 7.34. The fourth-order valence-corrected chi connectivity index (χ4v) is 3.94.